The van der Waals surface area contributed by atoms with Gasteiger partial charge in [-0.3, -0.25) is 0 Å². The summed E-state index contributed by atoms with van der Waals surface area (Å²) in [7, 11) is 1.50. The second kappa shape index (κ2) is 5.85. The summed E-state index contributed by atoms with van der Waals surface area (Å²) in [6.45, 7) is 5.31. The lowest BCUT2D eigenvalue weighted by atomic mass is 10.1. The van der Waals surface area contributed by atoms with Gasteiger partial charge in [0, 0.05) is 5.56 Å². The maximum Gasteiger partial charge on any atom is 0.174 e. The number of methoxy groups -OCH3 is 1. The molecule has 0 atom stereocenters. The van der Waals surface area contributed by atoms with Crippen LogP contribution in [0.2, 0.25) is 0 Å². The quantitative estimate of drug-likeness (QED) is 0.432. The first-order valence-electron chi connectivity index (χ1n) is 4.83. The minimum atomic E-state index is -0.250. The Labute approximate surface area is 94.8 Å². The first-order valence-corrected chi connectivity index (χ1v) is 4.83. The van der Waals surface area contributed by atoms with Crippen molar-refractivity contribution in [1.82, 2.24) is 0 Å². The lowest BCUT2D eigenvalue weighted by Gasteiger charge is -2.03. The second-order valence-electron chi connectivity index (χ2n) is 3.22. The third-order valence-electron chi connectivity index (χ3n) is 2.04. The molecule has 0 heterocycles. The molecule has 0 N–H and O–H groups in total. The van der Waals surface area contributed by atoms with Crippen LogP contribution >= 0.6 is 0 Å². The van der Waals surface area contributed by atoms with Gasteiger partial charge < -0.3 is 4.74 Å². The zero-order valence-corrected chi connectivity index (χ0v) is 9.40. The fraction of sp³-hybridized carbons (Fsp3) is 0.154. The lowest BCUT2D eigenvalue weighted by Crippen LogP contribution is -1.88. The predicted molar refractivity (Wildman–Crippen MR) is 64.8 cm³/mol. The van der Waals surface area contributed by atoms with Gasteiger partial charge in [0.15, 0.2) is 6.40 Å². The van der Waals surface area contributed by atoms with Crippen LogP contribution in [0, 0.1) is 12.7 Å². The standard InChI is InChI=1S/C13H14FNO/c1-4-5-13(15-9-16-3)11-7-6-10(2)12(14)8-11/h4-9H,1H2,2-3H3. The molecule has 1 rings (SSSR count). The largest absolute Gasteiger partial charge is 0.486 e. The Morgan fingerprint density at radius 2 is 2.25 bits per heavy atom. The van der Waals surface area contributed by atoms with Crippen LogP contribution in [-0.2, 0) is 4.74 Å². The number of hydrogen-bond donors (Lipinski definition) is 0. The molecule has 1 aromatic rings. The molecule has 0 aliphatic heterocycles. The summed E-state index contributed by atoms with van der Waals surface area (Å²) in [6, 6.07) is 4.96. The number of halogens is 1. The molecule has 0 saturated carbocycles. The molecule has 1 aromatic carbocycles. The Morgan fingerprint density at radius 3 is 2.81 bits per heavy atom. The van der Waals surface area contributed by atoms with E-state index in [1.165, 1.54) is 19.6 Å². The molecule has 84 valence electrons. The van der Waals surface area contributed by atoms with Crippen molar-refractivity contribution in [2.45, 2.75) is 6.92 Å². The van der Waals surface area contributed by atoms with E-state index in [1.54, 1.807) is 31.2 Å². The van der Waals surface area contributed by atoms with E-state index in [1.807, 2.05) is 0 Å². The average Bonchev–Trinajstić information content (AvgIpc) is 2.28. The summed E-state index contributed by atoms with van der Waals surface area (Å²) in [5.41, 5.74) is 1.91. The molecular formula is C13H14FNO. The van der Waals surface area contributed by atoms with Gasteiger partial charge in [-0.25, -0.2) is 9.38 Å². The van der Waals surface area contributed by atoms with Gasteiger partial charge in [0.2, 0.25) is 0 Å². The Bertz CT molecular complexity index is 436. The number of rotatable bonds is 4. The van der Waals surface area contributed by atoms with Crippen molar-refractivity contribution in [3.8, 4) is 0 Å². The number of aryl methyl sites for hydroxylation is 1. The van der Waals surface area contributed by atoms with Crippen LogP contribution in [0.4, 0.5) is 4.39 Å². The highest BCUT2D eigenvalue weighted by Crippen LogP contribution is 2.18. The summed E-state index contributed by atoms with van der Waals surface area (Å²) in [4.78, 5) is 4.05. The van der Waals surface area contributed by atoms with Gasteiger partial charge in [0.05, 0.1) is 12.8 Å². The van der Waals surface area contributed by atoms with Gasteiger partial charge in [0.1, 0.15) is 5.82 Å². The summed E-state index contributed by atoms with van der Waals surface area (Å²) in [6.07, 6.45) is 4.59. The molecule has 0 spiro atoms. The van der Waals surface area contributed by atoms with E-state index in [0.717, 1.165) is 0 Å². The van der Waals surface area contributed by atoms with E-state index in [0.29, 0.717) is 16.8 Å². The predicted octanol–water partition coefficient (Wildman–Crippen LogP) is 3.34. The van der Waals surface area contributed by atoms with Crippen LogP contribution in [0.15, 0.2) is 41.9 Å². The highest BCUT2D eigenvalue weighted by Gasteiger charge is 2.02. The van der Waals surface area contributed by atoms with Crippen LogP contribution in [0.3, 0.4) is 0 Å². The Hall–Kier alpha value is -1.90. The van der Waals surface area contributed by atoms with Crippen LogP contribution in [-0.4, -0.2) is 13.5 Å². The molecule has 0 saturated heterocycles. The van der Waals surface area contributed by atoms with Crippen LogP contribution < -0.4 is 0 Å². The molecule has 3 heteroatoms. The first-order chi connectivity index (χ1) is 7.69. The van der Waals surface area contributed by atoms with E-state index in [4.69, 9.17) is 4.74 Å². The highest BCUT2D eigenvalue weighted by molar-refractivity contribution is 5.72. The van der Waals surface area contributed by atoms with Gasteiger partial charge >= 0.3 is 0 Å². The van der Waals surface area contributed by atoms with E-state index in [-0.39, 0.29) is 5.82 Å². The summed E-state index contributed by atoms with van der Waals surface area (Å²) in [5, 5.41) is 0. The van der Waals surface area contributed by atoms with E-state index >= 15 is 0 Å². The molecule has 0 amide bonds. The third-order valence-corrected chi connectivity index (χ3v) is 2.04. The van der Waals surface area contributed by atoms with Crippen molar-refractivity contribution in [1.29, 1.82) is 0 Å². The van der Waals surface area contributed by atoms with E-state index in [2.05, 4.69) is 11.6 Å². The van der Waals surface area contributed by atoms with Crippen molar-refractivity contribution >= 4 is 12.1 Å². The van der Waals surface area contributed by atoms with Crippen molar-refractivity contribution in [3.05, 3.63) is 53.9 Å². The second-order valence-corrected chi connectivity index (χ2v) is 3.22. The number of hydrogen-bond acceptors (Lipinski definition) is 2. The molecule has 0 aliphatic rings. The summed E-state index contributed by atoms with van der Waals surface area (Å²) >= 11 is 0. The fourth-order valence-corrected chi connectivity index (χ4v) is 1.19. The van der Waals surface area contributed by atoms with Gasteiger partial charge in [-0.1, -0.05) is 24.8 Å². The van der Waals surface area contributed by atoms with E-state index < -0.39 is 0 Å². The van der Waals surface area contributed by atoms with Crippen LogP contribution in [0.1, 0.15) is 11.1 Å². The Balaban J connectivity index is 3.11. The zero-order chi connectivity index (χ0) is 12.0. The smallest absolute Gasteiger partial charge is 0.174 e. The summed E-state index contributed by atoms with van der Waals surface area (Å²) in [5.74, 6) is -0.250. The van der Waals surface area contributed by atoms with Gasteiger partial charge in [0.25, 0.3) is 0 Å². The molecule has 0 radical (unpaired) electrons. The molecule has 2 nitrogen and oxygen atoms in total. The number of ether oxygens (including phenoxy) is 1. The fourth-order valence-electron chi connectivity index (χ4n) is 1.19. The van der Waals surface area contributed by atoms with Crippen molar-refractivity contribution < 1.29 is 9.13 Å². The van der Waals surface area contributed by atoms with Gasteiger partial charge in [-0.05, 0) is 24.6 Å². The van der Waals surface area contributed by atoms with E-state index in [9.17, 15) is 4.39 Å². The number of benzene rings is 1. The van der Waals surface area contributed by atoms with Crippen LogP contribution in [0.25, 0.3) is 5.70 Å². The minimum Gasteiger partial charge on any atom is -0.486 e. The first kappa shape index (κ1) is 12.2. The third kappa shape index (κ3) is 3.05. The molecule has 0 fully saturated rings. The molecular weight excluding hydrogens is 205 g/mol. The Kier molecular flexibility index (Phi) is 4.45. The number of allylic oxidation sites excluding steroid dienone is 2. The minimum absolute atomic E-state index is 0.250. The molecule has 0 bridgehead atoms. The molecule has 0 aromatic heterocycles. The normalized spacial score (nSPS) is 11.8. The Morgan fingerprint density at radius 1 is 1.50 bits per heavy atom. The number of nitrogens with zero attached hydrogens (tertiary/aromatic N) is 1. The lowest BCUT2D eigenvalue weighted by molar-refractivity contribution is 0.423. The topological polar surface area (TPSA) is 21.6 Å². The van der Waals surface area contributed by atoms with Crippen molar-refractivity contribution in [2.75, 3.05) is 7.11 Å². The highest BCUT2D eigenvalue weighted by atomic mass is 19.1. The average molecular weight is 219 g/mol. The molecule has 16 heavy (non-hydrogen) atoms. The monoisotopic (exact) mass is 219 g/mol. The number of aliphatic imine (C=N–C) groups is 1. The van der Waals surface area contributed by atoms with Gasteiger partial charge in [-0.15, -0.1) is 0 Å². The SMILES string of the molecule is C=CC=C(N=COC)c1ccc(C)c(F)c1. The van der Waals surface area contributed by atoms with Crippen LogP contribution in [0.5, 0.6) is 0 Å². The van der Waals surface area contributed by atoms with Gasteiger partial charge in [-0.2, -0.15) is 0 Å². The van der Waals surface area contributed by atoms with Crippen molar-refractivity contribution in [2.24, 2.45) is 4.99 Å². The molecule has 0 aliphatic carbocycles. The molecule has 0 unspecified atom stereocenters. The summed E-state index contributed by atoms with van der Waals surface area (Å²) < 4.78 is 18.1. The van der Waals surface area contributed by atoms with Crippen molar-refractivity contribution in [3.63, 3.8) is 0 Å². The maximum atomic E-state index is 13.4. The zero-order valence-electron chi connectivity index (χ0n) is 9.40. The maximum absolute atomic E-state index is 13.4.